The van der Waals surface area contributed by atoms with Crippen molar-refractivity contribution in [3.8, 4) is 0 Å². The molecule has 2 aliphatic heterocycles. The molecule has 1 unspecified atom stereocenters. The predicted molar refractivity (Wildman–Crippen MR) is 61.4 cm³/mol. The molecule has 92 valence electrons. The number of amidine groups is 1. The van der Waals surface area contributed by atoms with Gasteiger partial charge in [0, 0.05) is 19.6 Å². The van der Waals surface area contributed by atoms with E-state index in [0.717, 1.165) is 19.3 Å². The van der Waals surface area contributed by atoms with E-state index in [9.17, 15) is 8.42 Å². The van der Waals surface area contributed by atoms with Crippen LogP contribution in [0.15, 0.2) is 0 Å². The molecule has 2 fully saturated rings. The lowest BCUT2D eigenvalue weighted by molar-refractivity contribution is 0.378. The molecule has 0 aliphatic carbocycles. The normalized spacial score (nSPS) is 28.6. The molecule has 16 heavy (non-hydrogen) atoms. The smallest absolute Gasteiger partial charge is 0.282 e. The van der Waals surface area contributed by atoms with Gasteiger partial charge in [-0.05, 0) is 25.7 Å². The highest BCUT2D eigenvalue weighted by Gasteiger charge is 2.40. The number of hydrogen-bond donors (Lipinski definition) is 2. The maximum Gasteiger partial charge on any atom is 0.282 e. The number of nitrogens with two attached hydrogens (primary N) is 1. The highest BCUT2D eigenvalue weighted by molar-refractivity contribution is 7.86. The first-order valence-corrected chi connectivity index (χ1v) is 7.04. The third kappa shape index (κ3) is 1.94. The summed E-state index contributed by atoms with van der Waals surface area (Å²) in [6.45, 7) is 1.69. The maximum atomic E-state index is 12.2. The molecule has 2 heterocycles. The summed E-state index contributed by atoms with van der Waals surface area (Å²) in [4.78, 5) is 0. The first-order valence-electron chi connectivity index (χ1n) is 5.64. The van der Waals surface area contributed by atoms with Gasteiger partial charge in [0.1, 0.15) is 5.84 Å². The monoisotopic (exact) mass is 246 g/mol. The number of nitrogens with zero attached hydrogens (tertiary/aromatic N) is 2. The van der Waals surface area contributed by atoms with E-state index in [1.165, 1.54) is 8.61 Å². The minimum absolute atomic E-state index is 0.0414. The van der Waals surface area contributed by atoms with Crippen molar-refractivity contribution in [2.75, 3.05) is 19.6 Å². The fourth-order valence-electron chi connectivity index (χ4n) is 2.39. The molecule has 0 aromatic rings. The number of rotatable bonds is 3. The van der Waals surface area contributed by atoms with E-state index in [1.54, 1.807) is 0 Å². The van der Waals surface area contributed by atoms with Gasteiger partial charge in [0.15, 0.2) is 0 Å². The maximum absolute atomic E-state index is 12.2. The van der Waals surface area contributed by atoms with Gasteiger partial charge < -0.3 is 5.73 Å². The molecule has 2 saturated heterocycles. The van der Waals surface area contributed by atoms with Crippen molar-refractivity contribution in [3.63, 3.8) is 0 Å². The van der Waals surface area contributed by atoms with Crippen molar-refractivity contribution < 1.29 is 8.42 Å². The van der Waals surface area contributed by atoms with Gasteiger partial charge >= 0.3 is 0 Å². The summed E-state index contributed by atoms with van der Waals surface area (Å²) in [6, 6.07) is -0.425. The minimum atomic E-state index is -3.39. The lowest BCUT2D eigenvalue weighted by Crippen LogP contribution is -2.49. The Morgan fingerprint density at radius 2 is 1.81 bits per heavy atom. The van der Waals surface area contributed by atoms with Crippen LogP contribution >= 0.6 is 0 Å². The lowest BCUT2D eigenvalue weighted by Gasteiger charge is -2.27. The van der Waals surface area contributed by atoms with Gasteiger partial charge in [0.05, 0.1) is 6.04 Å². The molecule has 0 aromatic carbocycles. The van der Waals surface area contributed by atoms with Gasteiger partial charge in [0.25, 0.3) is 10.2 Å². The molecule has 1 atom stereocenters. The van der Waals surface area contributed by atoms with Gasteiger partial charge in [-0.25, -0.2) is 0 Å². The molecule has 2 rings (SSSR count). The van der Waals surface area contributed by atoms with Gasteiger partial charge in [-0.3, -0.25) is 5.41 Å². The zero-order valence-corrected chi connectivity index (χ0v) is 10.0. The molecule has 6 nitrogen and oxygen atoms in total. The Hall–Kier alpha value is -0.660. The fraction of sp³-hybridized carbons (Fsp3) is 0.889. The quantitative estimate of drug-likeness (QED) is 0.530. The van der Waals surface area contributed by atoms with E-state index in [1.807, 2.05) is 0 Å². The Kier molecular flexibility index (Phi) is 3.18. The van der Waals surface area contributed by atoms with Gasteiger partial charge in [0.2, 0.25) is 0 Å². The summed E-state index contributed by atoms with van der Waals surface area (Å²) < 4.78 is 27.4. The van der Waals surface area contributed by atoms with Crippen molar-refractivity contribution in [2.45, 2.75) is 31.7 Å². The fourth-order valence-corrected chi connectivity index (χ4v) is 4.31. The van der Waals surface area contributed by atoms with Crippen LogP contribution in [-0.2, 0) is 10.2 Å². The molecule has 0 radical (unpaired) electrons. The third-order valence-electron chi connectivity index (χ3n) is 3.25. The Morgan fingerprint density at radius 3 is 2.38 bits per heavy atom. The molecular weight excluding hydrogens is 228 g/mol. The largest absolute Gasteiger partial charge is 0.386 e. The molecule has 0 aromatic heterocycles. The number of nitrogens with one attached hydrogen (secondary N) is 1. The Labute approximate surface area is 96.1 Å². The summed E-state index contributed by atoms with van der Waals surface area (Å²) >= 11 is 0. The molecular formula is C9H18N4O2S. The summed E-state index contributed by atoms with van der Waals surface area (Å²) in [7, 11) is -3.39. The average Bonchev–Trinajstić information content (AvgIpc) is 2.89. The van der Waals surface area contributed by atoms with E-state index < -0.39 is 16.3 Å². The van der Waals surface area contributed by atoms with Crippen LogP contribution < -0.4 is 5.73 Å². The van der Waals surface area contributed by atoms with Crippen LogP contribution in [-0.4, -0.2) is 48.5 Å². The van der Waals surface area contributed by atoms with E-state index >= 15 is 0 Å². The number of hydrogen-bond acceptors (Lipinski definition) is 3. The molecule has 7 heteroatoms. The molecule has 2 aliphatic rings. The Bertz CT molecular complexity index is 375. The summed E-state index contributed by atoms with van der Waals surface area (Å²) in [5, 5.41) is 7.43. The van der Waals surface area contributed by atoms with Crippen LogP contribution in [0.2, 0.25) is 0 Å². The van der Waals surface area contributed by atoms with Crippen LogP contribution in [0.3, 0.4) is 0 Å². The van der Waals surface area contributed by atoms with Crippen LogP contribution in [0.1, 0.15) is 25.7 Å². The second kappa shape index (κ2) is 4.31. The van der Waals surface area contributed by atoms with E-state index in [2.05, 4.69) is 0 Å². The van der Waals surface area contributed by atoms with Gasteiger partial charge in [-0.1, -0.05) is 0 Å². The summed E-state index contributed by atoms with van der Waals surface area (Å²) in [5.41, 5.74) is 5.44. The third-order valence-corrected chi connectivity index (χ3v) is 5.30. The molecule has 3 N–H and O–H groups in total. The van der Waals surface area contributed by atoms with Crippen molar-refractivity contribution in [1.29, 1.82) is 5.41 Å². The summed E-state index contributed by atoms with van der Waals surface area (Å²) in [5.74, 6) is -0.0414. The highest BCUT2D eigenvalue weighted by atomic mass is 32.2. The second-order valence-electron chi connectivity index (χ2n) is 4.34. The minimum Gasteiger partial charge on any atom is -0.386 e. The van der Waals surface area contributed by atoms with Crippen molar-refractivity contribution in [1.82, 2.24) is 8.61 Å². The van der Waals surface area contributed by atoms with E-state index in [0.29, 0.717) is 26.1 Å². The first-order chi connectivity index (χ1) is 7.53. The molecule has 0 saturated carbocycles. The van der Waals surface area contributed by atoms with Gasteiger partial charge in [-0.15, -0.1) is 0 Å². The molecule has 0 spiro atoms. The molecule has 0 bridgehead atoms. The average molecular weight is 246 g/mol. The molecule has 0 amide bonds. The SMILES string of the molecule is N=C(N)C1CCCN1S(=O)(=O)N1CCCC1. The Balaban J connectivity index is 2.19. The zero-order chi connectivity index (χ0) is 11.8. The topological polar surface area (TPSA) is 90.5 Å². The van der Waals surface area contributed by atoms with Crippen LogP contribution in [0, 0.1) is 5.41 Å². The van der Waals surface area contributed by atoms with Crippen molar-refractivity contribution in [3.05, 3.63) is 0 Å². The van der Waals surface area contributed by atoms with Crippen molar-refractivity contribution in [2.24, 2.45) is 5.73 Å². The van der Waals surface area contributed by atoms with E-state index in [4.69, 9.17) is 11.1 Å². The Morgan fingerprint density at radius 1 is 1.19 bits per heavy atom. The predicted octanol–water partition coefficient (Wildman–Crippen LogP) is -0.273. The van der Waals surface area contributed by atoms with Crippen LogP contribution in [0.4, 0.5) is 0 Å². The van der Waals surface area contributed by atoms with Crippen LogP contribution in [0.25, 0.3) is 0 Å². The first kappa shape index (κ1) is 11.8. The zero-order valence-electron chi connectivity index (χ0n) is 9.22. The van der Waals surface area contributed by atoms with E-state index in [-0.39, 0.29) is 5.84 Å². The van der Waals surface area contributed by atoms with Crippen LogP contribution in [0.5, 0.6) is 0 Å². The summed E-state index contributed by atoms with van der Waals surface area (Å²) in [6.07, 6.45) is 3.31. The van der Waals surface area contributed by atoms with Crippen molar-refractivity contribution >= 4 is 16.0 Å². The highest BCUT2D eigenvalue weighted by Crippen LogP contribution is 2.25. The standard InChI is InChI=1S/C9H18N4O2S/c10-9(11)8-4-3-7-13(8)16(14,15)12-5-1-2-6-12/h8H,1-7H2,(H3,10,11). The second-order valence-corrected chi connectivity index (χ2v) is 6.22. The van der Waals surface area contributed by atoms with Gasteiger partial charge in [-0.2, -0.15) is 17.0 Å². The lowest BCUT2D eigenvalue weighted by atomic mass is 10.2.